The fourth-order valence-corrected chi connectivity index (χ4v) is 0.922. The van der Waals surface area contributed by atoms with Gasteiger partial charge in [-0.15, -0.1) is 0 Å². The summed E-state index contributed by atoms with van der Waals surface area (Å²) in [5, 5.41) is 0. The SMILES string of the molecule is CCCOc1ccc(C([NH])=O)cc1. The molecule has 0 aromatic heterocycles. The topological polar surface area (TPSA) is 50.1 Å². The van der Waals surface area contributed by atoms with Gasteiger partial charge in [0.15, 0.2) is 0 Å². The minimum atomic E-state index is -0.665. The molecule has 1 rings (SSSR count). The van der Waals surface area contributed by atoms with Crippen molar-refractivity contribution in [2.24, 2.45) is 0 Å². The van der Waals surface area contributed by atoms with E-state index < -0.39 is 5.91 Å². The Kier molecular flexibility index (Phi) is 3.31. The van der Waals surface area contributed by atoms with Crippen LogP contribution in [0.2, 0.25) is 0 Å². The van der Waals surface area contributed by atoms with Crippen LogP contribution >= 0.6 is 0 Å². The van der Waals surface area contributed by atoms with Crippen molar-refractivity contribution in [2.75, 3.05) is 6.61 Å². The summed E-state index contributed by atoms with van der Waals surface area (Å²) in [5.74, 6) is 0.0777. The highest BCUT2D eigenvalue weighted by Crippen LogP contribution is 2.11. The molecule has 0 fully saturated rings. The second-order valence-electron chi connectivity index (χ2n) is 2.70. The number of ether oxygens (including phenoxy) is 1. The number of hydrogen-bond acceptors (Lipinski definition) is 2. The van der Waals surface area contributed by atoms with Crippen molar-refractivity contribution in [1.29, 1.82) is 0 Å². The van der Waals surface area contributed by atoms with Crippen LogP contribution in [0.1, 0.15) is 23.7 Å². The molecule has 0 saturated carbocycles. The molecule has 69 valence electrons. The number of carbonyl (C=O) groups excluding carboxylic acids is 1. The van der Waals surface area contributed by atoms with Gasteiger partial charge >= 0.3 is 0 Å². The van der Waals surface area contributed by atoms with E-state index in [0.717, 1.165) is 12.2 Å². The molecule has 13 heavy (non-hydrogen) atoms. The molecule has 3 heteroatoms. The summed E-state index contributed by atoms with van der Waals surface area (Å²) >= 11 is 0. The average Bonchev–Trinajstić information content (AvgIpc) is 2.15. The van der Waals surface area contributed by atoms with Crippen molar-refractivity contribution in [3.63, 3.8) is 0 Å². The van der Waals surface area contributed by atoms with Crippen molar-refractivity contribution >= 4 is 5.91 Å². The molecule has 0 bridgehead atoms. The maximum atomic E-state index is 10.6. The van der Waals surface area contributed by atoms with Crippen molar-refractivity contribution in [2.45, 2.75) is 13.3 Å². The summed E-state index contributed by atoms with van der Waals surface area (Å²) in [6, 6.07) is 6.61. The van der Waals surface area contributed by atoms with Crippen molar-refractivity contribution in [3.8, 4) is 5.75 Å². The van der Waals surface area contributed by atoms with E-state index in [1.807, 2.05) is 6.92 Å². The van der Waals surface area contributed by atoms with Gasteiger partial charge in [-0.25, -0.2) is 0 Å². The van der Waals surface area contributed by atoms with Crippen molar-refractivity contribution < 1.29 is 9.53 Å². The van der Waals surface area contributed by atoms with E-state index in [4.69, 9.17) is 10.5 Å². The van der Waals surface area contributed by atoms with Crippen molar-refractivity contribution in [3.05, 3.63) is 29.8 Å². The first-order chi connectivity index (χ1) is 6.24. The van der Waals surface area contributed by atoms with E-state index in [0.29, 0.717) is 12.2 Å². The highest BCUT2D eigenvalue weighted by atomic mass is 16.5. The minimum Gasteiger partial charge on any atom is -0.494 e. The molecule has 0 aliphatic rings. The van der Waals surface area contributed by atoms with Crippen LogP contribution in [0.15, 0.2) is 24.3 Å². The highest BCUT2D eigenvalue weighted by molar-refractivity contribution is 5.92. The number of hydrogen-bond donors (Lipinski definition) is 0. The zero-order chi connectivity index (χ0) is 9.68. The Morgan fingerprint density at radius 1 is 1.38 bits per heavy atom. The second-order valence-corrected chi connectivity index (χ2v) is 2.70. The molecule has 0 spiro atoms. The molecule has 0 unspecified atom stereocenters. The Labute approximate surface area is 77.5 Å². The molecule has 1 aromatic carbocycles. The number of nitrogens with one attached hydrogen (secondary N) is 1. The van der Waals surface area contributed by atoms with Gasteiger partial charge in [-0.2, -0.15) is 0 Å². The standard InChI is InChI=1S/C10H12NO2/c1-2-7-13-9-5-3-8(4-6-9)10(11)12/h3-6,11H,2,7H2,1H3. The fraction of sp³-hybridized carbons (Fsp3) is 0.300. The quantitative estimate of drug-likeness (QED) is 0.707. The largest absolute Gasteiger partial charge is 0.494 e. The molecule has 1 radical (unpaired) electrons. The number of rotatable bonds is 4. The van der Waals surface area contributed by atoms with Crippen LogP contribution in [0.5, 0.6) is 5.75 Å². The maximum absolute atomic E-state index is 10.6. The molecule has 0 aliphatic carbocycles. The van der Waals surface area contributed by atoms with Gasteiger partial charge < -0.3 is 4.74 Å². The lowest BCUT2D eigenvalue weighted by Crippen LogP contribution is -1.99. The first kappa shape index (κ1) is 9.58. The molecular formula is C10H12NO2. The van der Waals surface area contributed by atoms with E-state index in [1.165, 1.54) is 0 Å². The van der Waals surface area contributed by atoms with Crippen LogP contribution in [0, 0.1) is 0 Å². The van der Waals surface area contributed by atoms with E-state index in [-0.39, 0.29) is 0 Å². The molecule has 0 atom stereocenters. The molecule has 1 amide bonds. The van der Waals surface area contributed by atoms with E-state index in [9.17, 15) is 4.79 Å². The first-order valence-electron chi connectivity index (χ1n) is 4.23. The van der Waals surface area contributed by atoms with Crippen LogP contribution in [0.4, 0.5) is 0 Å². The monoisotopic (exact) mass is 178 g/mol. The van der Waals surface area contributed by atoms with Crippen LogP contribution in [-0.2, 0) is 0 Å². The average molecular weight is 178 g/mol. The molecule has 1 N–H and O–H groups in total. The molecule has 0 heterocycles. The Hall–Kier alpha value is -1.51. The summed E-state index contributed by atoms with van der Waals surface area (Å²) in [5.41, 5.74) is 7.24. The lowest BCUT2D eigenvalue weighted by molar-refractivity contribution is 0.0992. The van der Waals surface area contributed by atoms with Gasteiger partial charge in [0.25, 0.3) is 5.91 Å². The van der Waals surface area contributed by atoms with Crippen LogP contribution in [-0.4, -0.2) is 12.5 Å². The zero-order valence-corrected chi connectivity index (χ0v) is 7.54. The van der Waals surface area contributed by atoms with Crippen molar-refractivity contribution in [1.82, 2.24) is 5.73 Å². The maximum Gasteiger partial charge on any atom is 0.269 e. The number of amides is 1. The second kappa shape index (κ2) is 4.50. The van der Waals surface area contributed by atoms with Crippen LogP contribution in [0.3, 0.4) is 0 Å². The highest BCUT2D eigenvalue weighted by Gasteiger charge is 1.99. The lowest BCUT2D eigenvalue weighted by Gasteiger charge is -2.03. The van der Waals surface area contributed by atoms with Gasteiger partial charge in [0, 0.05) is 5.56 Å². The first-order valence-corrected chi connectivity index (χ1v) is 4.23. The third-order valence-corrected chi connectivity index (χ3v) is 1.59. The van der Waals surface area contributed by atoms with Gasteiger partial charge in [-0.05, 0) is 30.7 Å². The summed E-state index contributed by atoms with van der Waals surface area (Å²) in [4.78, 5) is 10.6. The number of carbonyl (C=O) groups is 1. The predicted molar refractivity (Wildman–Crippen MR) is 49.7 cm³/mol. The van der Waals surface area contributed by atoms with Gasteiger partial charge in [-0.1, -0.05) is 6.92 Å². The fourth-order valence-electron chi connectivity index (χ4n) is 0.922. The molecule has 3 nitrogen and oxygen atoms in total. The van der Waals surface area contributed by atoms with Gasteiger partial charge in [-0.3, -0.25) is 10.5 Å². The third-order valence-electron chi connectivity index (χ3n) is 1.59. The van der Waals surface area contributed by atoms with Gasteiger partial charge in [0.05, 0.1) is 6.61 Å². The summed E-state index contributed by atoms with van der Waals surface area (Å²) in [7, 11) is 0. The summed E-state index contributed by atoms with van der Waals surface area (Å²) in [6.07, 6.45) is 0.957. The van der Waals surface area contributed by atoms with E-state index >= 15 is 0 Å². The Morgan fingerprint density at radius 3 is 2.46 bits per heavy atom. The van der Waals surface area contributed by atoms with Gasteiger partial charge in [0.2, 0.25) is 0 Å². The number of benzene rings is 1. The molecule has 1 aromatic rings. The van der Waals surface area contributed by atoms with E-state index in [1.54, 1.807) is 24.3 Å². The predicted octanol–water partition coefficient (Wildman–Crippen LogP) is 1.90. The summed E-state index contributed by atoms with van der Waals surface area (Å²) < 4.78 is 5.32. The molecular weight excluding hydrogens is 166 g/mol. The van der Waals surface area contributed by atoms with Crippen LogP contribution < -0.4 is 10.5 Å². The lowest BCUT2D eigenvalue weighted by atomic mass is 10.2. The Balaban J connectivity index is 2.64. The smallest absolute Gasteiger partial charge is 0.269 e. The minimum absolute atomic E-state index is 0.392. The Bertz CT molecular complexity index is 279. The Morgan fingerprint density at radius 2 is 2.00 bits per heavy atom. The normalized spacial score (nSPS) is 9.62. The zero-order valence-electron chi connectivity index (χ0n) is 7.54. The molecule has 0 aliphatic heterocycles. The molecule has 0 saturated heterocycles. The van der Waals surface area contributed by atoms with Crippen LogP contribution in [0.25, 0.3) is 0 Å². The summed E-state index contributed by atoms with van der Waals surface area (Å²) in [6.45, 7) is 2.70. The van der Waals surface area contributed by atoms with Gasteiger partial charge in [0.1, 0.15) is 5.75 Å². The van der Waals surface area contributed by atoms with E-state index in [2.05, 4.69) is 0 Å². The third kappa shape index (κ3) is 2.78.